The number of hydrogen-bond donors (Lipinski definition) is 1. The summed E-state index contributed by atoms with van der Waals surface area (Å²) in [5.74, 6) is 0.212. The molecule has 1 amide bonds. The second-order valence-corrected chi connectivity index (χ2v) is 5.12. The first-order valence-electron chi connectivity index (χ1n) is 7.81. The quantitative estimate of drug-likeness (QED) is 0.519. The average Bonchev–Trinajstić information content (AvgIpc) is 3.22. The lowest BCUT2D eigenvalue weighted by Gasteiger charge is -2.05. The van der Waals surface area contributed by atoms with Crippen LogP contribution in [0.5, 0.6) is 5.75 Å². The first kappa shape index (κ1) is 17.0. The van der Waals surface area contributed by atoms with Crippen molar-refractivity contribution in [1.82, 2.24) is 25.6 Å². The smallest absolute Gasteiger partial charge is 0.277 e. The first-order valence-corrected chi connectivity index (χ1v) is 7.81. The zero-order valence-corrected chi connectivity index (χ0v) is 13.8. The summed E-state index contributed by atoms with van der Waals surface area (Å²) in [5, 5.41) is 14.8. The topological polar surface area (TPSA) is 94.3 Å². The second kappa shape index (κ2) is 8.88. The highest BCUT2D eigenvalue weighted by Crippen LogP contribution is 2.13. The lowest BCUT2D eigenvalue weighted by Crippen LogP contribution is -2.24. The van der Waals surface area contributed by atoms with E-state index in [9.17, 15) is 4.79 Å². The zero-order chi connectivity index (χ0) is 18.0. The summed E-state index contributed by atoms with van der Waals surface area (Å²) in [4.78, 5) is 11.7. The Balaban J connectivity index is 1.41. The number of tetrazole rings is 1. The maximum absolute atomic E-state index is 11.7. The number of nitrogens with one attached hydrogen (secondary N) is 1. The monoisotopic (exact) mass is 348 g/mol. The first-order chi connectivity index (χ1) is 12.8. The Morgan fingerprint density at radius 2 is 1.96 bits per heavy atom. The lowest BCUT2D eigenvalue weighted by atomic mass is 10.2. The number of carbonyl (C=O) groups is 1. The summed E-state index contributed by atoms with van der Waals surface area (Å²) in [6.45, 7) is -0.135. The molecule has 0 saturated carbocycles. The van der Waals surface area contributed by atoms with Gasteiger partial charge < -0.3 is 4.74 Å². The Bertz CT molecular complexity index is 874. The molecule has 3 aromatic rings. The number of hydrogen-bond acceptors (Lipinski definition) is 6. The van der Waals surface area contributed by atoms with E-state index >= 15 is 0 Å². The van der Waals surface area contributed by atoms with E-state index in [1.807, 2.05) is 36.4 Å². The Morgan fingerprint density at radius 1 is 1.15 bits per heavy atom. The van der Waals surface area contributed by atoms with E-state index in [0.717, 1.165) is 11.3 Å². The molecule has 26 heavy (non-hydrogen) atoms. The molecule has 0 radical (unpaired) electrons. The van der Waals surface area contributed by atoms with Crippen LogP contribution < -0.4 is 10.2 Å². The normalized spacial score (nSPS) is 11.1. The molecular formula is C18H16N6O2. The van der Waals surface area contributed by atoms with Gasteiger partial charge in [-0.1, -0.05) is 36.4 Å². The van der Waals surface area contributed by atoms with E-state index in [0.29, 0.717) is 5.75 Å². The molecule has 3 rings (SSSR count). The summed E-state index contributed by atoms with van der Waals surface area (Å²) in [6.07, 6.45) is 6.63. The third-order valence-electron chi connectivity index (χ3n) is 3.26. The van der Waals surface area contributed by atoms with Crippen molar-refractivity contribution in [2.24, 2.45) is 5.10 Å². The highest BCUT2D eigenvalue weighted by atomic mass is 16.5. The zero-order valence-electron chi connectivity index (χ0n) is 13.8. The molecule has 0 aliphatic heterocycles. The van der Waals surface area contributed by atoms with Gasteiger partial charge in [0.05, 0.1) is 5.69 Å². The van der Waals surface area contributed by atoms with E-state index in [1.165, 1.54) is 17.2 Å². The van der Waals surface area contributed by atoms with E-state index < -0.39 is 0 Å². The number of hydrazone groups is 1. The average molecular weight is 348 g/mol. The van der Waals surface area contributed by atoms with Crippen molar-refractivity contribution < 1.29 is 9.53 Å². The number of rotatable bonds is 7. The van der Waals surface area contributed by atoms with Gasteiger partial charge in [0.1, 0.15) is 12.1 Å². The molecular weight excluding hydrogens is 332 g/mol. The van der Waals surface area contributed by atoms with Crippen LogP contribution in [0.1, 0.15) is 5.56 Å². The van der Waals surface area contributed by atoms with Gasteiger partial charge in [-0.2, -0.15) is 5.10 Å². The van der Waals surface area contributed by atoms with E-state index in [2.05, 4.69) is 26.1 Å². The summed E-state index contributed by atoms with van der Waals surface area (Å²) < 4.78 is 6.92. The summed E-state index contributed by atoms with van der Waals surface area (Å²) in [5.41, 5.74) is 4.24. The van der Waals surface area contributed by atoms with Gasteiger partial charge in [0, 0.05) is 6.21 Å². The Kier molecular flexibility index (Phi) is 5.81. The van der Waals surface area contributed by atoms with Crippen LogP contribution in [-0.2, 0) is 4.79 Å². The van der Waals surface area contributed by atoms with Gasteiger partial charge >= 0.3 is 0 Å². The maximum Gasteiger partial charge on any atom is 0.277 e. The summed E-state index contributed by atoms with van der Waals surface area (Å²) >= 11 is 0. The lowest BCUT2D eigenvalue weighted by molar-refractivity contribution is -0.123. The van der Waals surface area contributed by atoms with Crippen molar-refractivity contribution in [1.29, 1.82) is 0 Å². The Morgan fingerprint density at radius 3 is 2.69 bits per heavy atom. The molecule has 130 valence electrons. The van der Waals surface area contributed by atoms with Gasteiger partial charge in [-0.05, 0) is 46.3 Å². The number of amides is 1. The van der Waals surface area contributed by atoms with Gasteiger partial charge in [0.15, 0.2) is 6.61 Å². The summed E-state index contributed by atoms with van der Waals surface area (Å²) in [7, 11) is 0. The summed E-state index contributed by atoms with van der Waals surface area (Å²) in [6, 6.07) is 16.8. The van der Waals surface area contributed by atoms with Gasteiger partial charge in [-0.25, -0.2) is 10.1 Å². The van der Waals surface area contributed by atoms with Crippen LogP contribution in [0.2, 0.25) is 0 Å². The van der Waals surface area contributed by atoms with Crippen LogP contribution >= 0.6 is 0 Å². The molecule has 0 fully saturated rings. The predicted molar refractivity (Wildman–Crippen MR) is 96.8 cm³/mol. The fraction of sp³-hybridized carbons (Fsp3) is 0.0556. The fourth-order valence-electron chi connectivity index (χ4n) is 2.03. The minimum Gasteiger partial charge on any atom is -0.484 e. The molecule has 0 atom stereocenters. The minimum atomic E-state index is -0.348. The standard InChI is InChI=1S/C18H16N6O2/c25-18(21-19-12-4-7-15-5-2-1-3-6-15)13-26-17-10-8-16(9-11-17)24-14-20-22-23-24/h1-12,14H,13H2,(H,21,25). The van der Waals surface area contributed by atoms with Gasteiger partial charge in [0.2, 0.25) is 0 Å². The van der Waals surface area contributed by atoms with Gasteiger partial charge in [0.25, 0.3) is 5.91 Å². The number of nitrogens with zero attached hydrogens (tertiary/aromatic N) is 5. The molecule has 8 nitrogen and oxygen atoms in total. The van der Waals surface area contributed by atoms with Crippen molar-refractivity contribution in [3.05, 3.63) is 72.6 Å². The highest BCUT2D eigenvalue weighted by Gasteiger charge is 2.02. The molecule has 0 aliphatic carbocycles. The molecule has 0 bridgehead atoms. The molecule has 0 saturated heterocycles. The predicted octanol–water partition coefficient (Wildman–Crippen LogP) is 1.86. The largest absolute Gasteiger partial charge is 0.484 e. The SMILES string of the molecule is O=C(COc1ccc(-n2cnnn2)cc1)NN=CC=Cc1ccccc1. The van der Waals surface area contributed by atoms with Crippen molar-refractivity contribution in [3.8, 4) is 11.4 Å². The molecule has 1 N–H and O–H groups in total. The van der Waals surface area contributed by atoms with Gasteiger partial charge in [-0.15, -0.1) is 5.10 Å². The van der Waals surface area contributed by atoms with Crippen LogP contribution in [0.15, 0.2) is 72.1 Å². The van der Waals surface area contributed by atoms with Crippen LogP contribution in [-0.4, -0.2) is 38.9 Å². The third kappa shape index (κ3) is 5.10. The van der Waals surface area contributed by atoms with Crippen molar-refractivity contribution in [2.45, 2.75) is 0 Å². The third-order valence-corrected chi connectivity index (χ3v) is 3.26. The molecule has 2 aromatic carbocycles. The van der Waals surface area contributed by atoms with Crippen LogP contribution in [0.3, 0.4) is 0 Å². The van der Waals surface area contributed by atoms with Crippen LogP contribution in [0.25, 0.3) is 11.8 Å². The number of aromatic nitrogens is 4. The molecule has 0 unspecified atom stereocenters. The van der Waals surface area contributed by atoms with E-state index in [-0.39, 0.29) is 12.5 Å². The Hall–Kier alpha value is -3.81. The Labute approximate surface area is 149 Å². The molecule has 0 spiro atoms. The van der Waals surface area contributed by atoms with Crippen LogP contribution in [0.4, 0.5) is 0 Å². The number of allylic oxidation sites excluding steroid dienone is 1. The van der Waals surface area contributed by atoms with E-state index in [1.54, 1.807) is 30.3 Å². The van der Waals surface area contributed by atoms with Crippen molar-refractivity contribution >= 4 is 18.2 Å². The van der Waals surface area contributed by atoms with Crippen LogP contribution in [0, 0.1) is 0 Å². The molecule has 8 heteroatoms. The highest BCUT2D eigenvalue weighted by molar-refractivity contribution is 5.81. The van der Waals surface area contributed by atoms with Gasteiger partial charge in [-0.3, -0.25) is 4.79 Å². The molecule has 1 heterocycles. The molecule has 0 aliphatic rings. The molecule has 1 aromatic heterocycles. The second-order valence-electron chi connectivity index (χ2n) is 5.12. The maximum atomic E-state index is 11.7. The fourth-order valence-corrected chi connectivity index (χ4v) is 2.03. The number of benzene rings is 2. The number of carbonyl (C=O) groups excluding carboxylic acids is 1. The minimum absolute atomic E-state index is 0.135. The van der Waals surface area contributed by atoms with Crippen molar-refractivity contribution in [3.63, 3.8) is 0 Å². The number of ether oxygens (including phenoxy) is 1. The van der Waals surface area contributed by atoms with E-state index in [4.69, 9.17) is 4.74 Å². The van der Waals surface area contributed by atoms with Crippen molar-refractivity contribution in [2.75, 3.05) is 6.61 Å².